The number of aromatic nitrogens is 3. The van der Waals surface area contributed by atoms with Crippen LogP contribution in [0.15, 0.2) is 29.5 Å². The second-order valence-corrected chi connectivity index (χ2v) is 6.63. The summed E-state index contributed by atoms with van der Waals surface area (Å²) in [6, 6.07) is 0. The third kappa shape index (κ3) is 3.08. The Balaban J connectivity index is 1.86. The first-order valence-corrected chi connectivity index (χ1v) is 7.50. The first kappa shape index (κ1) is 13.3. The SMILES string of the molecule is CC1(C)CC(N2CCCCC2)=CC(=Nn2cnnc2)C1. The third-order valence-corrected chi connectivity index (χ3v) is 4.07. The van der Waals surface area contributed by atoms with Crippen LogP contribution >= 0.6 is 0 Å². The minimum absolute atomic E-state index is 0.272. The van der Waals surface area contributed by atoms with Crippen LogP contribution in [-0.4, -0.2) is 38.6 Å². The summed E-state index contributed by atoms with van der Waals surface area (Å²) in [5.74, 6) is 0. The molecule has 0 saturated carbocycles. The van der Waals surface area contributed by atoms with Gasteiger partial charge in [0.2, 0.25) is 0 Å². The molecule has 0 radical (unpaired) electrons. The van der Waals surface area contributed by atoms with Crippen molar-refractivity contribution in [1.82, 2.24) is 19.8 Å². The van der Waals surface area contributed by atoms with E-state index in [4.69, 9.17) is 0 Å². The zero-order chi connectivity index (χ0) is 14.0. The Morgan fingerprint density at radius 3 is 2.45 bits per heavy atom. The van der Waals surface area contributed by atoms with Gasteiger partial charge in [-0.1, -0.05) is 13.8 Å². The van der Waals surface area contributed by atoms with Gasteiger partial charge in [0.05, 0.1) is 5.71 Å². The van der Waals surface area contributed by atoms with E-state index in [9.17, 15) is 0 Å². The van der Waals surface area contributed by atoms with Crippen LogP contribution in [0.5, 0.6) is 0 Å². The first-order chi connectivity index (χ1) is 9.62. The van der Waals surface area contributed by atoms with Gasteiger partial charge in [0.15, 0.2) is 0 Å². The summed E-state index contributed by atoms with van der Waals surface area (Å²) in [6.07, 6.45) is 11.7. The summed E-state index contributed by atoms with van der Waals surface area (Å²) < 4.78 is 1.70. The van der Waals surface area contributed by atoms with E-state index < -0.39 is 0 Å². The van der Waals surface area contributed by atoms with Gasteiger partial charge in [0.25, 0.3) is 0 Å². The van der Waals surface area contributed by atoms with Crippen LogP contribution in [0.1, 0.15) is 46.0 Å². The summed E-state index contributed by atoms with van der Waals surface area (Å²) in [6.45, 7) is 7.04. The molecule has 1 fully saturated rings. The molecule has 0 bridgehead atoms. The van der Waals surface area contributed by atoms with Gasteiger partial charge in [0.1, 0.15) is 12.7 Å². The number of piperidine rings is 1. The fraction of sp³-hybridized carbons (Fsp3) is 0.667. The molecule has 108 valence electrons. The number of allylic oxidation sites excluding steroid dienone is 2. The van der Waals surface area contributed by atoms with E-state index in [-0.39, 0.29) is 5.41 Å². The topological polar surface area (TPSA) is 46.3 Å². The standard InChI is InChI=1S/C15H23N5/c1-15(2)9-13(18-20-11-16-17-12-20)8-14(10-15)19-6-4-3-5-7-19/h8,11-12H,3-7,9-10H2,1-2H3. The van der Waals surface area contributed by atoms with E-state index in [1.807, 2.05) is 0 Å². The lowest BCUT2D eigenvalue weighted by molar-refractivity contribution is 0.241. The van der Waals surface area contributed by atoms with Gasteiger partial charge in [-0.15, -0.1) is 10.2 Å². The predicted octanol–water partition coefficient (Wildman–Crippen LogP) is 2.67. The Morgan fingerprint density at radius 2 is 1.75 bits per heavy atom. The van der Waals surface area contributed by atoms with Crippen LogP contribution in [0.25, 0.3) is 0 Å². The Morgan fingerprint density at radius 1 is 1.05 bits per heavy atom. The van der Waals surface area contributed by atoms with E-state index in [1.54, 1.807) is 17.3 Å². The van der Waals surface area contributed by atoms with E-state index in [1.165, 1.54) is 38.0 Å². The molecule has 2 heterocycles. The molecule has 0 unspecified atom stereocenters. The van der Waals surface area contributed by atoms with Gasteiger partial charge in [-0.25, -0.2) is 4.68 Å². The van der Waals surface area contributed by atoms with Crippen LogP contribution in [0.4, 0.5) is 0 Å². The first-order valence-electron chi connectivity index (χ1n) is 7.50. The fourth-order valence-electron chi connectivity index (χ4n) is 3.18. The van der Waals surface area contributed by atoms with Crippen molar-refractivity contribution in [3.63, 3.8) is 0 Å². The summed E-state index contributed by atoms with van der Waals surface area (Å²) in [7, 11) is 0. The van der Waals surface area contributed by atoms with Gasteiger partial charge in [-0.05, 0) is 43.6 Å². The molecule has 5 heteroatoms. The fourth-order valence-corrected chi connectivity index (χ4v) is 3.18. The van der Waals surface area contributed by atoms with Crippen molar-refractivity contribution < 1.29 is 0 Å². The maximum Gasteiger partial charge on any atom is 0.141 e. The number of hydrogen-bond acceptors (Lipinski definition) is 4. The molecule has 1 saturated heterocycles. The van der Waals surface area contributed by atoms with Crippen molar-refractivity contribution in [3.8, 4) is 0 Å². The summed E-state index contributed by atoms with van der Waals surface area (Å²) in [4.78, 5) is 2.55. The molecule has 1 aliphatic carbocycles. The molecule has 5 nitrogen and oxygen atoms in total. The van der Waals surface area contributed by atoms with Crippen molar-refractivity contribution in [2.45, 2.75) is 46.0 Å². The lowest BCUT2D eigenvalue weighted by Gasteiger charge is -2.38. The summed E-state index contributed by atoms with van der Waals surface area (Å²) >= 11 is 0. The highest BCUT2D eigenvalue weighted by atomic mass is 15.4. The van der Waals surface area contributed by atoms with Crippen molar-refractivity contribution in [2.24, 2.45) is 10.5 Å². The molecule has 0 atom stereocenters. The molecule has 3 rings (SSSR count). The van der Waals surface area contributed by atoms with Gasteiger partial charge < -0.3 is 4.90 Å². The highest BCUT2D eigenvalue weighted by molar-refractivity contribution is 5.96. The predicted molar refractivity (Wildman–Crippen MR) is 79.4 cm³/mol. The largest absolute Gasteiger partial charge is 0.375 e. The summed E-state index contributed by atoms with van der Waals surface area (Å²) in [5.41, 5.74) is 2.85. The average molecular weight is 273 g/mol. The van der Waals surface area contributed by atoms with E-state index in [2.05, 4.69) is 40.1 Å². The number of nitrogens with zero attached hydrogens (tertiary/aromatic N) is 5. The number of hydrogen-bond donors (Lipinski definition) is 0. The normalized spacial score (nSPS) is 24.8. The lowest BCUT2D eigenvalue weighted by Crippen LogP contribution is -2.34. The van der Waals surface area contributed by atoms with Crippen LogP contribution < -0.4 is 0 Å². The third-order valence-electron chi connectivity index (χ3n) is 4.07. The smallest absolute Gasteiger partial charge is 0.141 e. The molecule has 20 heavy (non-hydrogen) atoms. The van der Waals surface area contributed by atoms with Gasteiger partial charge >= 0.3 is 0 Å². The van der Waals surface area contributed by atoms with Gasteiger partial charge in [-0.3, -0.25) is 0 Å². The maximum absolute atomic E-state index is 4.62. The molecule has 0 aromatic carbocycles. The van der Waals surface area contributed by atoms with E-state index >= 15 is 0 Å². The summed E-state index contributed by atoms with van der Waals surface area (Å²) in [5, 5.41) is 12.2. The van der Waals surface area contributed by atoms with Crippen LogP contribution in [-0.2, 0) is 0 Å². The van der Waals surface area contributed by atoms with E-state index in [0.29, 0.717) is 0 Å². The maximum atomic E-state index is 4.62. The zero-order valence-corrected chi connectivity index (χ0v) is 12.4. The second kappa shape index (κ2) is 5.38. The number of likely N-dealkylation sites (tertiary alicyclic amines) is 1. The minimum atomic E-state index is 0.272. The Labute approximate surface area is 120 Å². The molecular formula is C15H23N5. The molecular weight excluding hydrogens is 250 g/mol. The van der Waals surface area contributed by atoms with Gasteiger partial charge in [-0.2, -0.15) is 5.10 Å². The molecule has 0 spiro atoms. The Hall–Kier alpha value is -1.65. The minimum Gasteiger partial charge on any atom is -0.375 e. The van der Waals surface area contributed by atoms with Crippen LogP contribution in [0.2, 0.25) is 0 Å². The van der Waals surface area contributed by atoms with Crippen LogP contribution in [0, 0.1) is 5.41 Å². The highest BCUT2D eigenvalue weighted by Gasteiger charge is 2.29. The van der Waals surface area contributed by atoms with Crippen molar-refractivity contribution in [3.05, 3.63) is 24.4 Å². The Bertz CT molecular complexity index is 506. The Kier molecular flexibility index (Phi) is 3.59. The second-order valence-electron chi connectivity index (χ2n) is 6.63. The molecule has 1 aromatic heterocycles. The van der Waals surface area contributed by atoms with Crippen molar-refractivity contribution >= 4 is 5.71 Å². The zero-order valence-electron chi connectivity index (χ0n) is 12.4. The quantitative estimate of drug-likeness (QED) is 0.832. The van der Waals surface area contributed by atoms with Crippen molar-refractivity contribution in [1.29, 1.82) is 0 Å². The molecule has 2 aliphatic rings. The highest BCUT2D eigenvalue weighted by Crippen LogP contribution is 2.36. The average Bonchev–Trinajstić information content (AvgIpc) is 2.91. The molecule has 0 amide bonds. The van der Waals surface area contributed by atoms with Crippen molar-refractivity contribution in [2.75, 3.05) is 13.1 Å². The molecule has 1 aromatic rings. The van der Waals surface area contributed by atoms with Crippen LogP contribution in [0.3, 0.4) is 0 Å². The van der Waals surface area contributed by atoms with E-state index in [0.717, 1.165) is 18.6 Å². The lowest BCUT2D eigenvalue weighted by atomic mass is 9.78. The molecule has 1 aliphatic heterocycles. The molecule has 0 N–H and O–H groups in total. The monoisotopic (exact) mass is 273 g/mol. The van der Waals surface area contributed by atoms with Gasteiger partial charge in [0, 0.05) is 18.8 Å². The number of rotatable bonds is 2.